The lowest BCUT2D eigenvalue weighted by Gasteiger charge is -2.48. The minimum absolute atomic E-state index is 0.292. The van der Waals surface area contributed by atoms with Crippen molar-refractivity contribution < 1.29 is 4.79 Å². The Bertz CT molecular complexity index is 946. The van der Waals surface area contributed by atoms with Crippen molar-refractivity contribution in [2.45, 2.75) is 38.6 Å². The SMILES string of the molecule is C[C@@H]1C[C@H](c2ccc(CN)c3ncccc23)CN(C(=O)CN2CCC3(CC2)CNC3)C1. The van der Waals surface area contributed by atoms with Crippen LogP contribution in [0.1, 0.15) is 43.2 Å². The van der Waals surface area contributed by atoms with Crippen molar-refractivity contribution in [2.75, 3.05) is 45.8 Å². The monoisotopic (exact) mass is 421 g/mol. The molecule has 2 aromatic rings. The van der Waals surface area contributed by atoms with Gasteiger partial charge in [0, 0.05) is 50.2 Å². The smallest absolute Gasteiger partial charge is 0.236 e. The number of amides is 1. The van der Waals surface area contributed by atoms with E-state index in [9.17, 15) is 4.79 Å². The second kappa shape index (κ2) is 8.49. The van der Waals surface area contributed by atoms with Crippen LogP contribution in [0.25, 0.3) is 10.9 Å². The van der Waals surface area contributed by atoms with Crippen LogP contribution < -0.4 is 11.1 Å². The van der Waals surface area contributed by atoms with Gasteiger partial charge in [-0.3, -0.25) is 14.7 Å². The Kier molecular flexibility index (Phi) is 5.71. The number of hydrogen-bond donors (Lipinski definition) is 2. The highest BCUT2D eigenvalue weighted by atomic mass is 16.2. The lowest BCUT2D eigenvalue weighted by atomic mass is 9.73. The summed E-state index contributed by atoms with van der Waals surface area (Å²) in [7, 11) is 0. The van der Waals surface area contributed by atoms with E-state index in [-0.39, 0.29) is 0 Å². The molecule has 1 aromatic heterocycles. The highest BCUT2D eigenvalue weighted by molar-refractivity contribution is 5.86. The quantitative estimate of drug-likeness (QED) is 0.793. The molecule has 3 saturated heterocycles. The fraction of sp³-hybridized carbons (Fsp3) is 0.600. The van der Waals surface area contributed by atoms with Crippen molar-refractivity contribution in [3.05, 3.63) is 41.6 Å². The molecule has 5 rings (SSSR count). The number of nitrogens with zero attached hydrogens (tertiary/aromatic N) is 3. The highest BCUT2D eigenvalue weighted by Gasteiger charge is 2.40. The number of carbonyl (C=O) groups is 1. The van der Waals surface area contributed by atoms with Crippen LogP contribution in [0.5, 0.6) is 0 Å². The second-order valence-electron chi connectivity index (χ2n) is 10.1. The maximum absolute atomic E-state index is 13.2. The van der Waals surface area contributed by atoms with E-state index in [0.29, 0.717) is 36.2 Å². The van der Waals surface area contributed by atoms with Crippen LogP contribution in [0.4, 0.5) is 0 Å². The molecular weight excluding hydrogens is 386 g/mol. The third kappa shape index (κ3) is 4.09. The molecule has 1 amide bonds. The molecule has 0 saturated carbocycles. The highest BCUT2D eigenvalue weighted by Crippen LogP contribution is 2.36. The summed E-state index contributed by atoms with van der Waals surface area (Å²) < 4.78 is 0. The summed E-state index contributed by atoms with van der Waals surface area (Å²) in [6.07, 6.45) is 5.39. The van der Waals surface area contributed by atoms with Crippen LogP contribution in [0.3, 0.4) is 0 Å². The third-order valence-corrected chi connectivity index (χ3v) is 7.83. The van der Waals surface area contributed by atoms with Gasteiger partial charge in [-0.15, -0.1) is 0 Å². The molecule has 0 unspecified atom stereocenters. The molecule has 0 bridgehead atoms. The van der Waals surface area contributed by atoms with Crippen molar-refractivity contribution in [1.29, 1.82) is 0 Å². The Morgan fingerprint density at radius 1 is 1.23 bits per heavy atom. The van der Waals surface area contributed by atoms with Crippen LogP contribution in [-0.4, -0.2) is 66.5 Å². The molecule has 4 heterocycles. The number of hydrogen-bond acceptors (Lipinski definition) is 5. The first-order valence-corrected chi connectivity index (χ1v) is 11.8. The molecule has 3 N–H and O–H groups in total. The van der Waals surface area contributed by atoms with Gasteiger partial charge >= 0.3 is 0 Å². The van der Waals surface area contributed by atoms with Gasteiger partial charge in [-0.25, -0.2) is 0 Å². The van der Waals surface area contributed by atoms with Crippen molar-refractivity contribution in [3.63, 3.8) is 0 Å². The van der Waals surface area contributed by atoms with Crippen molar-refractivity contribution >= 4 is 16.8 Å². The standard InChI is InChI=1S/C25H35N5O/c1-18-11-20(21-5-4-19(12-26)24-22(21)3-2-8-28-24)14-30(13-18)23(31)15-29-9-6-25(7-10-29)16-27-17-25/h2-5,8,18,20,27H,6-7,9-17,26H2,1H3/t18-,20+/m1/s1. The van der Waals surface area contributed by atoms with Gasteiger partial charge in [0.1, 0.15) is 0 Å². The molecule has 2 atom stereocenters. The second-order valence-corrected chi connectivity index (χ2v) is 10.1. The van der Waals surface area contributed by atoms with E-state index in [1.807, 2.05) is 12.3 Å². The Labute approximate surface area is 185 Å². The molecule has 1 spiro atoms. The average molecular weight is 422 g/mol. The number of rotatable bonds is 4. The van der Waals surface area contributed by atoms with E-state index in [4.69, 9.17) is 5.73 Å². The zero-order valence-corrected chi connectivity index (χ0v) is 18.6. The maximum Gasteiger partial charge on any atom is 0.236 e. The van der Waals surface area contributed by atoms with Gasteiger partial charge in [0.25, 0.3) is 0 Å². The van der Waals surface area contributed by atoms with Gasteiger partial charge in [0.15, 0.2) is 0 Å². The number of aromatic nitrogens is 1. The lowest BCUT2D eigenvalue weighted by molar-refractivity contribution is -0.135. The lowest BCUT2D eigenvalue weighted by Crippen LogP contribution is -2.59. The van der Waals surface area contributed by atoms with Gasteiger partial charge in [0.2, 0.25) is 5.91 Å². The number of carbonyl (C=O) groups excluding carboxylic acids is 1. The average Bonchev–Trinajstić information content (AvgIpc) is 2.77. The zero-order valence-electron chi connectivity index (χ0n) is 18.6. The van der Waals surface area contributed by atoms with Crippen molar-refractivity contribution in [3.8, 4) is 0 Å². The number of piperidine rings is 2. The number of benzene rings is 1. The first-order chi connectivity index (χ1) is 15.1. The summed E-state index contributed by atoms with van der Waals surface area (Å²) in [5.41, 5.74) is 9.87. The van der Waals surface area contributed by atoms with E-state index in [1.54, 1.807) is 0 Å². The molecule has 0 aliphatic carbocycles. The number of likely N-dealkylation sites (tertiary alicyclic amines) is 2. The fourth-order valence-corrected chi connectivity index (χ4v) is 5.86. The minimum atomic E-state index is 0.292. The van der Waals surface area contributed by atoms with Gasteiger partial charge < -0.3 is 16.0 Å². The third-order valence-electron chi connectivity index (χ3n) is 7.83. The van der Waals surface area contributed by atoms with Gasteiger partial charge in [-0.2, -0.15) is 0 Å². The molecule has 3 fully saturated rings. The minimum Gasteiger partial charge on any atom is -0.341 e. The molecule has 6 heteroatoms. The van der Waals surface area contributed by atoms with E-state index in [1.165, 1.54) is 23.8 Å². The van der Waals surface area contributed by atoms with Crippen LogP contribution in [-0.2, 0) is 11.3 Å². The maximum atomic E-state index is 13.2. The summed E-state index contributed by atoms with van der Waals surface area (Å²) in [4.78, 5) is 22.3. The molecule has 166 valence electrons. The Morgan fingerprint density at radius 2 is 2.03 bits per heavy atom. The molecule has 6 nitrogen and oxygen atoms in total. The Hall–Kier alpha value is -2.02. The summed E-state index contributed by atoms with van der Waals surface area (Å²) in [6, 6.07) is 8.49. The number of fused-ring (bicyclic) bond motifs is 1. The van der Waals surface area contributed by atoms with Crippen molar-refractivity contribution in [1.82, 2.24) is 20.1 Å². The molecule has 1 aromatic carbocycles. The van der Waals surface area contributed by atoms with Crippen LogP contribution in [0.2, 0.25) is 0 Å². The summed E-state index contributed by atoms with van der Waals surface area (Å²) >= 11 is 0. The van der Waals surface area contributed by atoms with Crippen LogP contribution in [0.15, 0.2) is 30.5 Å². The van der Waals surface area contributed by atoms with E-state index in [2.05, 4.69) is 45.2 Å². The number of nitrogens with one attached hydrogen (secondary N) is 1. The Morgan fingerprint density at radius 3 is 2.74 bits per heavy atom. The molecule has 0 radical (unpaired) electrons. The predicted octanol–water partition coefficient (Wildman–Crippen LogP) is 2.33. The molecule has 3 aliphatic rings. The Balaban J connectivity index is 1.29. The normalized spacial score (nSPS) is 26.2. The largest absolute Gasteiger partial charge is 0.341 e. The first kappa shape index (κ1) is 20.9. The first-order valence-electron chi connectivity index (χ1n) is 11.8. The molecule has 31 heavy (non-hydrogen) atoms. The number of pyridine rings is 1. The van der Waals surface area contributed by atoms with Gasteiger partial charge in [0.05, 0.1) is 12.1 Å². The predicted molar refractivity (Wildman–Crippen MR) is 124 cm³/mol. The zero-order chi connectivity index (χ0) is 21.4. The van der Waals surface area contributed by atoms with Gasteiger partial charge in [-0.1, -0.05) is 25.1 Å². The van der Waals surface area contributed by atoms with E-state index >= 15 is 0 Å². The van der Waals surface area contributed by atoms with E-state index in [0.717, 1.165) is 56.8 Å². The van der Waals surface area contributed by atoms with E-state index < -0.39 is 0 Å². The van der Waals surface area contributed by atoms with Crippen LogP contribution in [0, 0.1) is 11.3 Å². The summed E-state index contributed by atoms with van der Waals surface area (Å²) in [5.74, 6) is 1.13. The number of nitrogens with two attached hydrogens (primary N) is 1. The van der Waals surface area contributed by atoms with Gasteiger partial charge in [-0.05, 0) is 60.9 Å². The van der Waals surface area contributed by atoms with Crippen LogP contribution >= 0.6 is 0 Å². The summed E-state index contributed by atoms with van der Waals surface area (Å²) in [5, 5.41) is 4.61. The molecule has 3 aliphatic heterocycles. The fourth-order valence-electron chi connectivity index (χ4n) is 5.86. The molecular formula is C25H35N5O. The topological polar surface area (TPSA) is 74.5 Å². The summed E-state index contributed by atoms with van der Waals surface area (Å²) in [6.45, 7) is 9.43. The van der Waals surface area contributed by atoms with Crippen molar-refractivity contribution in [2.24, 2.45) is 17.1 Å².